The van der Waals surface area contributed by atoms with Crippen molar-refractivity contribution in [2.75, 3.05) is 0 Å². The van der Waals surface area contributed by atoms with E-state index in [-0.39, 0.29) is 0 Å². The Balaban J connectivity index is 2.97. The molecule has 0 N–H and O–H groups in total. The topological polar surface area (TPSA) is 12.9 Å². The highest BCUT2D eigenvalue weighted by atomic mass is 79.9. The highest BCUT2D eigenvalue weighted by Gasteiger charge is 2.14. The van der Waals surface area contributed by atoms with Crippen LogP contribution in [0, 0.1) is 20.8 Å². The number of aryl methyl sites for hydroxylation is 3. The van der Waals surface area contributed by atoms with Crippen molar-refractivity contribution in [3.05, 3.63) is 37.9 Å². The van der Waals surface area contributed by atoms with E-state index in [4.69, 9.17) is 16.6 Å². The predicted octanol–water partition coefficient (Wildman–Crippen LogP) is 5.14. The van der Waals surface area contributed by atoms with E-state index in [0.717, 1.165) is 38.1 Å². The summed E-state index contributed by atoms with van der Waals surface area (Å²) in [5, 5.41) is 1.91. The molecule has 0 aliphatic heterocycles. The largest absolute Gasteiger partial charge is 0.252 e. The summed E-state index contributed by atoms with van der Waals surface area (Å²) in [6.45, 7) is 8.31. The van der Waals surface area contributed by atoms with Crippen LogP contribution in [0.4, 0.5) is 0 Å². The summed E-state index contributed by atoms with van der Waals surface area (Å²) in [4.78, 5) is 4.71. The second-order valence-corrected chi connectivity index (χ2v) is 5.55. The van der Waals surface area contributed by atoms with E-state index in [1.807, 2.05) is 6.92 Å². The van der Waals surface area contributed by atoms with Crippen LogP contribution in [0.1, 0.15) is 29.3 Å². The number of pyridine rings is 1. The minimum absolute atomic E-state index is 0.838. The molecule has 2 rings (SSSR count). The first-order valence-electron chi connectivity index (χ1n) is 5.71. The summed E-state index contributed by atoms with van der Waals surface area (Å²) < 4.78 is 1.12. The highest BCUT2D eigenvalue weighted by molar-refractivity contribution is 9.10. The average Bonchev–Trinajstić information content (AvgIpc) is 2.30. The first kappa shape index (κ1) is 12.8. The fourth-order valence-electron chi connectivity index (χ4n) is 2.19. The molecule has 0 atom stereocenters. The Labute approximate surface area is 115 Å². The van der Waals surface area contributed by atoms with Crippen molar-refractivity contribution in [1.82, 2.24) is 4.98 Å². The minimum atomic E-state index is 0.838. The lowest BCUT2D eigenvalue weighted by atomic mass is 10.0. The summed E-state index contributed by atoms with van der Waals surface area (Å²) in [5.41, 5.74) is 5.55. The van der Waals surface area contributed by atoms with Gasteiger partial charge in [0.05, 0.1) is 10.5 Å². The number of hydrogen-bond acceptors (Lipinski definition) is 1. The lowest BCUT2D eigenvalue weighted by Gasteiger charge is -2.13. The van der Waals surface area contributed by atoms with Crippen LogP contribution in [0.2, 0.25) is 5.02 Å². The fourth-order valence-corrected chi connectivity index (χ4v) is 2.85. The van der Waals surface area contributed by atoms with Crippen molar-refractivity contribution >= 4 is 38.4 Å². The smallest absolute Gasteiger partial charge is 0.0726 e. The van der Waals surface area contributed by atoms with E-state index >= 15 is 0 Å². The number of aromatic nitrogens is 1. The second kappa shape index (κ2) is 4.58. The molecule has 3 heteroatoms. The van der Waals surface area contributed by atoms with Gasteiger partial charge in [-0.25, -0.2) is 0 Å². The molecule has 0 spiro atoms. The molecule has 0 amide bonds. The van der Waals surface area contributed by atoms with Crippen LogP contribution in [0.3, 0.4) is 0 Å². The molecular weight excluding hydrogens is 298 g/mol. The zero-order valence-corrected chi connectivity index (χ0v) is 12.8. The Morgan fingerprint density at radius 2 is 1.88 bits per heavy atom. The Morgan fingerprint density at radius 1 is 1.24 bits per heavy atom. The number of fused-ring (bicyclic) bond motifs is 1. The molecule has 0 bridgehead atoms. The van der Waals surface area contributed by atoms with E-state index < -0.39 is 0 Å². The van der Waals surface area contributed by atoms with Crippen molar-refractivity contribution in [1.29, 1.82) is 0 Å². The van der Waals surface area contributed by atoms with E-state index in [2.05, 4.69) is 42.8 Å². The summed E-state index contributed by atoms with van der Waals surface area (Å²) in [7, 11) is 0. The lowest BCUT2D eigenvalue weighted by molar-refractivity contribution is 1.03. The first-order chi connectivity index (χ1) is 7.97. The van der Waals surface area contributed by atoms with Crippen LogP contribution in [0.5, 0.6) is 0 Å². The zero-order chi connectivity index (χ0) is 12.7. The number of rotatable bonds is 1. The third-order valence-electron chi connectivity index (χ3n) is 3.23. The number of halogens is 2. The van der Waals surface area contributed by atoms with Crippen LogP contribution >= 0.6 is 27.5 Å². The molecule has 1 nitrogen and oxygen atoms in total. The van der Waals surface area contributed by atoms with Gasteiger partial charge in [-0.3, -0.25) is 4.98 Å². The molecule has 0 aliphatic rings. The Hall–Kier alpha value is -0.600. The van der Waals surface area contributed by atoms with Crippen molar-refractivity contribution in [3.8, 4) is 0 Å². The summed E-state index contributed by atoms with van der Waals surface area (Å²) in [6, 6.07) is 2.09. The molecule has 0 fully saturated rings. The Kier molecular flexibility index (Phi) is 3.46. The molecule has 0 saturated heterocycles. The van der Waals surface area contributed by atoms with Gasteiger partial charge in [0.25, 0.3) is 0 Å². The van der Waals surface area contributed by atoms with Crippen molar-refractivity contribution < 1.29 is 0 Å². The van der Waals surface area contributed by atoms with Gasteiger partial charge in [0.2, 0.25) is 0 Å². The summed E-state index contributed by atoms with van der Waals surface area (Å²) in [6.07, 6.45) is 0.912. The van der Waals surface area contributed by atoms with E-state index in [9.17, 15) is 0 Å². The quantitative estimate of drug-likeness (QED) is 0.710. The van der Waals surface area contributed by atoms with E-state index in [1.165, 1.54) is 11.1 Å². The third-order valence-corrected chi connectivity index (χ3v) is 4.92. The molecule has 1 aromatic heterocycles. The maximum absolute atomic E-state index is 6.48. The van der Waals surface area contributed by atoms with Crippen molar-refractivity contribution in [3.63, 3.8) is 0 Å². The fraction of sp³-hybridized carbons (Fsp3) is 0.357. The minimum Gasteiger partial charge on any atom is -0.252 e. The summed E-state index contributed by atoms with van der Waals surface area (Å²) in [5.74, 6) is 0. The Bertz CT molecular complexity index is 605. The molecule has 0 radical (unpaired) electrons. The monoisotopic (exact) mass is 311 g/mol. The van der Waals surface area contributed by atoms with Gasteiger partial charge in [-0.15, -0.1) is 0 Å². The van der Waals surface area contributed by atoms with E-state index in [1.54, 1.807) is 0 Å². The van der Waals surface area contributed by atoms with Crippen LogP contribution in [0.15, 0.2) is 10.5 Å². The maximum Gasteiger partial charge on any atom is 0.0726 e. The lowest BCUT2D eigenvalue weighted by Crippen LogP contribution is -1.97. The van der Waals surface area contributed by atoms with Gasteiger partial charge in [0, 0.05) is 15.6 Å². The van der Waals surface area contributed by atoms with Gasteiger partial charge in [0.1, 0.15) is 0 Å². The van der Waals surface area contributed by atoms with Gasteiger partial charge in [-0.2, -0.15) is 0 Å². The van der Waals surface area contributed by atoms with Gasteiger partial charge in [-0.1, -0.05) is 34.5 Å². The van der Waals surface area contributed by atoms with Gasteiger partial charge in [-0.05, 0) is 49.9 Å². The molecule has 17 heavy (non-hydrogen) atoms. The zero-order valence-electron chi connectivity index (χ0n) is 10.5. The molecule has 0 unspecified atom stereocenters. The molecule has 2 aromatic rings. The number of hydrogen-bond donors (Lipinski definition) is 0. The van der Waals surface area contributed by atoms with E-state index in [0.29, 0.717) is 0 Å². The van der Waals surface area contributed by atoms with Crippen molar-refractivity contribution in [2.45, 2.75) is 34.1 Å². The molecule has 0 saturated carbocycles. The van der Waals surface area contributed by atoms with Crippen LogP contribution in [0.25, 0.3) is 10.9 Å². The number of nitrogens with zero attached hydrogens (tertiary/aromatic N) is 1. The molecular formula is C14H15BrClN. The van der Waals surface area contributed by atoms with Crippen LogP contribution < -0.4 is 0 Å². The molecule has 1 aromatic carbocycles. The van der Waals surface area contributed by atoms with Crippen LogP contribution in [-0.4, -0.2) is 4.98 Å². The normalized spacial score (nSPS) is 11.2. The Morgan fingerprint density at radius 3 is 2.47 bits per heavy atom. The second-order valence-electron chi connectivity index (χ2n) is 4.38. The number of benzene rings is 1. The average molecular weight is 313 g/mol. The van der Waals surface area contributed by atoms with Gasteiger partial charge >= 0.3 is 0 Å². The summed E-state index contributed by atoms with van der Waals surface area (Å²) >= 11 is 10.1. The highest BCUT2D eigenvalue weighted by Crippen LogP contribution is 2.35. The third kappa shape index (κ3) is 1.98. The van der Waals surface area contributed by atoms with Crippen LogP contribution in [-0.2, 0) is 6.42 Å². The van der Waals surface area contributed by atoms with Gasteiger partial charge in [0.15, 0.2) is 0 Å². The maximum atomic E-state index is 6.48. The SMILES string of the molecule is CCc1nc2cc(C)c(Br)c(C)c2c(Cl)c1C. The molecule has 0 aliphatic carbocycles. The first-order valence-corrected chi connectivity index (χ1v) is 6.88. The van der Waals surface area contributed by atoms with Crippen molar-refractivity contribution in [2.24, 2.45) is 0 Å². The van der Waals surface area contributed by atoms with Gasteiger partial charge < -0.3 is 0 Å². The standard InChI is InChI=1S/C14H15BrClN/c1-5-10-8(3)14(16)12-9(4)13(15)7(2)6-11(12)17-10/h6H,5H2,1-4H3. The predicted molar refractivity (Wildman–Crippen MR) is 78.0 cm³/mol. The molecule has 90 valence electrons. The molecule has 1 heterocycles.